The van der Waals surface area contributed by atoms with Gasteiger partial charge < -0.3 is 4.90 Å². The lowest BCUT2D eigenvalue weighted by Crippen LogP contribution is -2.18. The van der Waals surface area contributed by atoms with Gasteiger partial charge in [-0.25, -0.2) is 0 Å². The van der Waals surface area contributed by atoms with Crippen molar-refractivity contribution in [1.29, 1.82) is 0 Å². The Labute approximate surface area is 69.8 Å². The normalized spacial score (nSPS) is 27.5. The van der Waals surface area contributed by atoms with Gasteiger partial charge in [0.25, 0.3) is 0 Å². The minimum Gasteiger partial charge on any atom is -0.306 e. The average Bonchev–Trinajstić information content (AvgIpc) is 2.17. The molecule has 0 radical (unpaired) electrons. The highest BCUT2D eigenvalue weighted by molar-refractivity contribution is 4.87. The Balaban J connectivity index is 2.29. The zero-order valence-electron chi connectivity index (χ0n) is 7.34. The molecule has 1 heteroatoms. The predicted octanol–water partition coefficient (Wildman–Crippen LogP) is 1.74. The van der Waals surface area contributed by atoms with E-state index in [1.165, 1.54) is 32.4 Å². The Morgan fingerprint density at radius 1 is 1.45 bits per heavy atom. The first-order valence-corrected chi connectivity index (χ1v) is 4.45. The van der Waals surface area contributed by atoms with Crippen LogP contribution in [-0.2, 0) is 0 Å². The van der Waals surface area contributed by atoms with E-state index >= 15 is 0 Å². The summed E-state index contributed by atoms with van der Waals surface area (Å²) in [4.78, 5) is 2.40. The van der Waals surface area contributed by atoms with Gasteiger partial charge in [-0.1, -0.05) is 0 Å². The molecule has 1 atom stereocenters. The van der Waals surface area contributed by atoms with E-state index in [2.05, 4.69) is 17.9 Å². The van der Waals surface area contributed by atoms with Crippen LogP contribution in [0.15, 0.2) is 0 Å². The number of hydrogen-bond acceptors (Lipinski definition) is 1. The molecule has 1 nitrogen and oxygen atoms in total. The molecule has 0 spiro atoms. The summed E-state index contributed by atoms with van der Waals surface area (Å²) >= 11 is 0. The average molecular weight is 151 g/mol. The van der Waals surface area contributed by atoms with Crippen molar-refractivity contribution in [3.8, 4) is 12.3 Å². The van der Waals surface area contributed by atoms with E-state index in [0.717, 1.165) is 12.3 Å². The second kappa shape index (κ2) is 4.41. The van der Waals surface area contributed by atoms with Crippen LogP contribution in [0.5, 0.6) is 0 Å². The van der Waals surface area contributed by atoms with Crippen LogP contribution in [0.1, 0.15) is 25.7 Å². The van der Waals surface area contributed by atoms with E-state index in [4.69, 9.17) is 6.42 Å². The van der Waals surface area contributed by atoms with E-state index < -0.39 is 0 Å². The van der Waals surface area contributed by atoms with Crippen LogP contribution < -0.4 is 0 Å². The number of terminal acetylenes is 1. The maximum absolute atomic E-state index is 5.28. The first kappa shape index (κ1) is 8.62. The van der Waals surface area contributed by atoms with Crippen molar-refractivity contribution in [2.75, 3.05) is 20.1 Å². The second-order valence-corrected chi connectivity index (χ2v) is 3.51. The van der Waals surface area contributed by atoms with Crippen LogP contribution >= 0.6 is 0 Å². The summed E-state index contributed by atoms with van der Waals surface area (Å²) in [6.45, 7) is 2.48. The first-order valence-electron chi connectivity index (χ1n) is 4.45. The Bertz CT molecular complexity index is 145. The minimum atomic E-state index is 0.796. The van der Waals surface area contributed by atoms with Gasteiger partial charge in [0.2, 0.25) is 0 Å². The summed E-state index contributed by atoms with van der Waals surface area (Å²) in [5, 5.41) is 0. The van der Waals surface area contributed by atoms with Crippen molar-refractivity contribution < 1.29 is 0 Å². The maximum Gasteiger partial charge on any atom is 0.0115 e. The Kier molecular flexibility index (Phi) is 3.45. The molecule has 0 bridgehead atoms. The standard InChI is InChI=1S/C10H17N/c1-3-5-10-6-4-8-11(2)9-7-10/h1,10H,4-9H2,2H3. The Morgan fingerprint density at radius 2 is 2.27 bits per heavy atom. The van der Waals surface area contributed by atoms with Gasteiger partial charge in [0.15, 0.2) is 0 Å². The molecule has 0 aromatic rings. The molecule has 1 unspecified atom stereocenters. The summed E-state index contributed by atoms with van der Waals surface area (Å²) in [6.07, 6.45) is 10.2. The fourth-order valence-corrected chi connectivity index (χ4v) is 1.68. The maximum atomic E-state index is 5.28. The van der Waals surface area contributed by atoms with Gasteiger partial charge in [0, 0.05) is 6.42 Å². The largest absolute Gasteiger partial charge is 0.306 e. The highest BCUT2D eigenvalue weighted by Crippen LogP contribution is 2.18. The molecule has 0 aromatic heterocycles. The fraction of sp³-hybridized carbons (Fsp3) is 0.800. The zero-order chi connectivity index (χ0) is 8.10. The summed E-state index contributed by atoms with van der Waals surface area (Å²) in [7, 11) is 2.19. The van der Waals surface area contributed by atoms with Crippen molar-refractivity contribution in [1.82, 2.24) is 4.90 Å². The van der Waals surface area contributed by atoms with Gasteiger partial charge in [-0.15, -0.1) is 12.3 Å². The van der Waals surface area contributed by atoms with E-state index in [1.54, 1.807) is 0 Å². The van der Waals surface area contributed by atoms with Gasteiger partial charge in [-0.2, -0.15) is 0 Å². The third kappa shape index (κ3) is 2.95. The van der Waals surface area contributed by atoms with E-state index in [1.807, 2.05) is 0 Å². The first-order chi connectivity index (χ1) is 5.33. The highest BCUT2D eigenvalue weighted by atomic mass is 15.1. The fourth-order valence-electron chi connectivity index (χ4n) is 1.68. The van der Waals surface area contributed by atoms with Crippen LogP contribution in [0.2, 0.25) is 0 Å². The number of hydrogen-bond donors (Lipinski definition) is 0. The molecular weight excluding hydrogens is 134 g/mol. The second-order valence-electron chi connectivity index (χ2n) is 3.51. The van der Waals surface area contributed by atoms with Crippen LogP contribution in [0.3, 0.4) is 0 Å². The number of likely N-dealkylation sites (tertiary alicyclic amines) is 1. The molecule has 0 aliphatic carbocycles. The van der Waals surface area contributed by atoms with Crippen LogP contribution in [-0.4, -0.2) is 25.0 Å². The molecule has 1 saturated heterocycles. The van der Waals surface area contributed by atoms with Crippen molar-refractivity contribution in [3.63, 3.8) is 0 Å². The van der Waals surface area contributed by atoms with Crippen molar-refractivity contribution in [3.05, 3.63) is 0 Å². The molecule has 1 aliphatic heterocycles. The lowest BCUT2D eigenvalue weighted by molar-refractivity contribution is 0.342. The summed E-state index contributed by atoms with van der Waals surface area (Å²) in [5.74, 6) is 3.56. The van der Waals surface area contributed by atoms with Crippen molar-refractivity contribution in [2.45, 2.75) is 25.7 Å². The van der Waals surface area contributed by atoms with Gasteiger partial charge in [-0.05, 0) is 45.3 Å². The quantitative estimate of drug-likeness (QED) is 0.516. The van der Waals surface area contributed by atoms with E-state index in [-0.39, 0.29) is 0 Å². The molecular formula is C10H17N. The third-order valence-corrected chi connectivity index (χ3v) is 2.48. The van der Waals surface area contributed by atoms with Crippen molar-refractivity contribution in [2.24, 2.45) is 5.92 Å². The smallest absolute Gasteiger partial charge is 0.0115 e. The van der Waals surface area contributed by atoms with E-state index in [0.29, 0.717) is 0 Å². The van der Waals surface area contributed by atoms with Crippen molar-refractivity contribution >= 4 is 0 Å². The molecule has 0 N–H and O–H groups in total. The lowest BCUT2D eigenvalue weighted by Gasteiger charge is -2.12. The van der Waals surface area contributed by atoms with Gasteiger partial charge in [0.1, 0.15) is 0 Å². The zero-order valence-corrected chi connectivity index (χ0v) is 7.34. The third-order valence-electron chi connectivity index (χ3n) is 2.48. The highest BCUT2D eigenvalue weighted by Gasteiger charge is 2.12. The molecule has 1 aliphatic rings. The van der Waals surface area contributed by atoms with Crippen LogP contribution in [0.4, 0.5) is 0 Å². The Morgan fingerprint density at radius 3 is 3.00 bits per heavy atom. The molecule has 0 saturated carbocycles. The number of nitrogens with zero attached hydrogens (tertiary/aromatic N) is 1. The van der Waals surface area contributed by atoms with E-state index in [9.17, 15) is 0 Å². The molecule has 1 fully saturated rings. The molecule has 11 heavy (non-hydrogen) atoms. The lowest BCUT2D eigenvalue weighted by atomic mass is 9.98. The minimum absolute atomic E-state index is 0.796. The van der Waals surface area contributed by atoms with Crippen LogP contribution in [0.25, 0.3) is 0 Å². The SMILES string of the molecule is C#CCC1CCCN(C)CC1. The Hall–Kier alpha value is -0.480. The molecule has 0 amide bonds. The van der Waals surface area contributed by atoms with Gasteiger partial charge >= 0.3 is 0 Å². The summed E-state index contributed by atoms with van der Waals surface area (Å²) < 4.78 is 0. The number of rotatable bonds is 1. The molecule has 1 rings (SSSR count). The summed E-state index contributed by atoms with van der Waals surface area (Å²) in [5.41, 5.74) is 0. The van der Waals surface area contributed by atoms with Gasteiger partial charge in [-0.3, -0.25) is 0 Å². The topological polar surface area (TPSA) is 3.24 Å². The predicted molar refractivity (Wildman–Crippen MR) is 48.3 cm³/mol. The molecule has 0 aromatic carbocycles. The van der Waals surface area contributed by atoms with Gasteiger partial charge in [0.05, 0.1) is 0 Å². The molecule has 1 heterocycles. The summed E-state index contributed by atoms with van der Waals surface area (Å²) in [6, 6.07) is 0. The van der Waals surface area contributed by atoms with Crippen LogP contribution in [0, 0.1) is 18.3 Å². The monoisotopic (exact) mass is 151 g/mol. The molecule has 62 valence electrons.